The molecule has 6 heteroatoms. The topological polar surface area (TPSA) is 55.6 Å². The first-order valence-corrected chi connectivity index (χ1v) is 6.16. The molecule has 1 rings (SSSR count). The lowest BCUT2D eigenvalue weighted by Gasteiger charge is -2.13. The van der Waals surface area contributed by atoms with E-state index in [1.54, 1.807) is 16.4 Å². The van der Waals surface area contributed by atoms with Crippen molar-refractivity contribution in [1.29, 1.82) is 0 Å². The Labute approximate surface area is 95.0 Å². The van der Waals surface area contributed by atoms with Gasteiger partial charge in [-0.05, 0) is 22.9 Å². The fourth-order valence-corrected chi connectivity index (χ4v) is 1.93. The van der Waals surface area contributed by atoms with Crippen molar-refractivity contribution in [3.8, 4) is 0 Å². The van der Waals surface area contributed by atoms with E-state index in [2.05, 4.69) is 41.6 Å². The molecular formula is C9H19N5S. The van der Waals surface area contributed by atoms with E-state index in [4.69, 9.17) is 0 Å². The molecule has 0 aliphatic heterocycles. The molecule has 1 unspecified atom stereocenters. The highest BCUT2D eigenvalue weighted by Gasteiger charge is 2.07. The average molecular weight is 229 g/mol. The lowest BCUT2D eigenvalue weighted by molar-refractivity contribution is 0.509. The fraction of sp³-hybridized carbons (Fsp3) is 0.889. The van der Waals surface area contributed by atoms with Crippen molar-refractivity contribution in [3.63, 3.8) is 0 Å². The van der Waals surface area contributed by atoms with E-state index in [9.17, 15) is 0 Å². The molecule has 0 amide bonds. The molecule has 1 aromatic rings. The van der Waals surface area contributed by atoms with Crippen LogP contribution in [-0.2, 0) is 7.05 Å². The first-order valence-electron chi connectivity index (χ1n) is 5.18. The lowest BCUT2D eigenvalue weighted by atomic mass is 10.2. The molecule has 0 aromatic carbocycles. The highest BCUT2D eigenvalue weighted by atomic mass is 32.2. The van der Waals surface area contributed by atoms with Crippen molar-refractivity contribution in [2.45, 2.75) is 32.0 Å². The van der Waals surface area contributed by atoms with Crippen LogP contribution in [0.4, 0.5) is 0 Å². The minimum Gasteiger partial charge on any atom is -0.314 e. The van der Waals surface area contributed by atoms with E-state index in [-0.39, 0.29) is 0 Å². The van der Waals surface area contributed by atoms with Gasteiger partial charge in [-0.2, -0.15) is 0 Å². The zero-order chi connectivity index (χ0) is 11.3. The highest BCUT2D eigenvalue weighted by molar-refractivity contribution is 7.99. The Morgan fingerprint density at radius 3 is 2.67 bits per heavy atom. The Balaban J connectivity index is 2.22. The molecule has 0 fully saturated rings. The van der Waals surface area contributed by atoms with Gasteiger partial charge in [-0.3, -0.25) is 0 Å². The standard InChI is InChI=1S/C9H19N5S/c1-7(2)10-5-8(3)6-15-9-11-12-13-14(9)4/h7-8,10H,5-6H2,1-4H3. The first kappa shape index (κ1) is 12.4. The summed E-state index contributed by atoms with van der Waals surface area (Å²) in [5.74, 6) is 1.66. The van der Waals surface area contributed by atoms with Gasteiger partial charge in [0.1, 0.15) is 0 Å². The summed E-state index contributed by atoms with van der Waals surface area (Å²) < 4.78 is 1.70. The van der Waals surface area contributed by atoms with Gasteiger partial charge in [0.25, 0.3) is 0 Å². The normalized spacial score (nSPS) is 13.4. The predicted octanol–water partition coefficient (Wildman–Crippen LogP) is 0.936. The maximum Gasteiger partial charge on any atom is 0.209 e. The van der Waals surface area contributed by atoms with E-state index in [1.165, 1.54) is 0 Å². The van der Waals surface area contributed by atoms with Crippen molar-refractivity contribution >= 4 is 11.8 Å². The molecule has 1 aromatic heterocycles. The van der Waals surface area contributed by atoms with Crippen LogP contribution in [0.15, 0.2) is 5.16 Å². The van der Waals surface area contributed by atoms with E-state index in [0.29, 0.717) is 12.0 Å². The Hall–Kier alpha value is -0.620. The third kappa shape index (κ3) is 4.61. The Morgan fingerprint density at radius 2 is 2.13 bits per heavy atom. The van der Waals surface area contributed by atoms with Gasteiger partial charge >= 0.3 is 0 Å². The number of hydrogen-bond donors (Lipinski definition) is 1. The molecule has 0 bridgehead atoms. The molecule has 1 heterocycles. The van der Waals surface area contributed by atoms with Gasteiger partial charge in [0.15, 0.2) is 0 Å². The van der Waals surface area contributed by atoms with Crippen molar-refractivity contribution < 1.29 is 0 Å². The molecule has 0 radical (unpaired) electrons. The van der Waals surface area contributed by atoms with E-state index in [0.717, 1.165) is 17.5 Å². The minimum atomic E-state index is 0.550. The molecule has 0 saturated carbocycles. The third-order valence-corrected chi connectivity index (χ3v) is 3.29. The second-order valence-corrected chi connectivity index (χ2v) is 5.05. The number of rotatable bonds is 6. The van der Waals surface area contributed by atoms with Crippen LogP contribution in [0, 0.1) is 5.92 Å². The molecule has 86 valence electrons. The molecule has 5 nitrogen and oxygen atoms in total. The van der Waals surface area contributed by atoms with Gasteiger partial charge in [0.05, 0.1) is 0 Å². The second-order valence-electron chi connectivity index (χ2n) is 4.06. The fourth-order valence-electron chi connectivity index (χ4n) is 1.06. The molecule has 0 saturated heterocycles. The van der Waals surface area contributed by atoms with Gasteiger partial charge in [-0.15, -0.1) is 5.10 Å². The van der Waals surface area contributed by atoms with Gasteiger partial charge in [-0.25, -0.2) is 4.68 Å². The summed E-state index contributed by atoms with van der Waals surface area (Å²) in [6, 6.07) is 0.550. The molecule has 1 atom stereocenters. The van der Waals surface area contributed by atoms with E-state index in [1.807, 2.05) is 7.05 Å². The van der Waals surface area contributed by atoms with Gasteiger partial charge in [-0.1, -0.05) is 32.5 Å². The van der Waals surface area contributed by atoms with Gasteiger partial charge in [0, 0.05) is 18.8 Å². The van der Waals surface area contributed by atoms with Crippen molar-refractivity contribution in [1.82, 2.24) is 25.5 Å². The maximum atomic E-state index is 3.93. The summed E-state index contributed by atoms with van der Waals surface area (Å²) in [6.45, 7) is 7.58. The first-order chi connectivity index (χ1) is 7.09. The number of thioether (sulfide) groups is 1. The van der Waals surface area contributed by atoms with Crippen LogP contribution in [0.2, 0.25) is 0 Å². The Kier molecular flexibility index (Phi) is 5.04. The van der Waals surface area contributed by atoms with Crippen LogP contribution in [0.3, 0.4) is 0 Å². The zero-order valence-corrected chi connectivity index (χ0v) is 10.6. The molecule has 0 spiro atoms. The second kappa shape index (κ2) is 6.07. The van der Waals surface area contributed by atoms with Crippen molar-refractivity contribution in [3.05, 3.63) is 0 Å². The van der Waals surface area contributed by atoms with Crippen molar-refractivity contribution in [2.24, 2.45) is 13.0 Å². The molecule has 15 heavy (non-hydrogen) atoms. The highest BCUT2D eigenvalue weighted by Crippen LogP contribution is 2.15. The Bertz CT molecular complexity index is 286. The van der Waals surface area contributed by atoms with Crippen LogP contribution in [0.5, 0.6) is 0 Å². The summed E-state index contributed by atoms with van der Waals surface area (Å²) in [6.07, 6.45) is 0. The summed E-state index contributed by atoms with van der Waals surface area (Å²) in [5.41, 5.74) is 0. The average Bonchev–Trinajstić information content (AvgIpc) is 2.58. The van der Waals surface area contributed by atoms with Crippen LogP contribution in [0.25, 0.3) is 0 Å². The van der Waals surface area contributed by atoms with Gasteiger partial charge in [0.2, 0.25) is 5.16 Å². The quantitative estimate of drug-likeness (QED) is 0.736. The summed E-state index contributed by atoms with van der Waals surface area (Å²) in [7, 11) is 1.86. The summed E-state index contributed by atoms with van der Waals surface area (Å²) >= 11 is 1.70. The number of nitrogens with one attached hydrogen (secondary N) is 1. The maximum absolute atomic E-state index is 3.93. The third-order valence-electron chi connectivity index (χ3n) is 1.95. The number of aromatic nitrogens is 4. The zero-order valence-electron chi connectivity index (χ0n) is 9.77. The van der Waals surface area contributed by atoms with E-state index < -0.39 is 0 Å². The van der Waals surface area contributed by atoms with Crippen LogP contribution >= 0.6 is 11.8 Å². The number of nitrogens with zero attached hydrogens (tertiary/aromatic N) is 4. The predicted molar refractivity (Wildman–Crippen MR) is 61.8 cm³/mol. The van der Waals surface area contributed by atoms with Crippen LogP contribution in [-0.4, -0.2) is 38.5 Å². The lowest BCUT2D eigenvalue weighted by Crippen LogP contribution is -2.28. The van der Waals surface area contributed by atoms with Crippen molar-refractivity contribution in [2.75, 3.05) is 12.3 Å². The van der Waals surface area contributed by atoms with Gasteiger partial charge < -0.3 is 5.32 Å². The number of hydrogen-bond acceptors (Lipinski definition) is 5. The Morgan fingerprint density at radius 1 is 1.40 bits per heavy atom. The molecule has 0 aliphatic carbocycles. The van der Waals surface area contributed by atoms with E-state index >= 15 is 0 Å². The summed E-state index contributed by atoms with van der Waals surface area (Å²) in [4.78, 5) is 0. The number of aryl methyl sites for hydroxylation is 1. The SMILES string of the molecule is CC(CNC(C)C)CSc1nnnn1C. The summed E-state index contributed by atoms with van der Waals surface area (Å²) in [5, 5.41) is 15.6. The monoisotopic (exact) mass is 229 g/mol. The minimum absolute atomic E-state index is 0.550. The van der Waals surface area contributed by atoms with Crippen LogP contribution in [0.1, 0.15) is 20.8 Å². The molecule has 1 N–H and O–H groups in total. The smallest absolute Gasteiger partial charge is 0.209 e. The molecule has 0 aliphatic rings. The van der Waals surface area contributed by atoms with Crippen LogP contribution < -0.4 is 5.32 Å². The molecular weight excluding hydrogens is 210 g/mol. The largest absolute Gasteiger partial charge is 0.314 e. The number of tetrazole rings is 1.